The Balaban J connectivity index is 1.55. The summed E-state index contributed by atoms with van der Waals surface area (Å²) in [7, 11) is 0. The van der Waals surface area contributed by atoms with E-state index in [-0.39, 0.29) is 5.41 Å². The summed E-state index contributed by atoms with van der Waals surface area (Å²) >= 11 is 0. The van der Waals surface area contributed by atoms with Crippen molar-refractivity contribution in [2.45, 2.75) is 58.8 Å². The van der Waals surface area contributed by atoms with Crippen LogP contribution < -0.4 is 4.74 Å². The first-order valence-corrected chi connectivity index (χ1v) is 11.0. The minimum Gasteiger partial charge on any atom is -0.457 e. The van der Waals surface area contributed by atoms with Crippen LogP contribution >= 0.6 is 0 Å². The number of hydrogen-bond acceptors (Lipinski definition) is 1. The molecule has 0 aliphatic rings. The second-order valence-electron chi connectivity index (χ2n) is 8.98. The van der Waals surface area contributed by atoms with Crippen molar-refractivity contribution in [1.29, 1.82) is 0 Å². The van der Waals surface area contributed by atoms with E-state index < -0.39 is 0 Å². The van der Waals surface area contributed by atoms with Gasteiger partial charge in [-0.15, -0.1) is 0 Å². The minimum absolute atomic E-state index is 0.174. The third-order valence-electron chi connectivity index (χ3n) is 5.63. The molecule has 0 bridgehead atoms. The maximum atomic E-state index is 5.98. The van der Waals surface area contributed by atoms with Crippen molar-refractivity contribution in [2.75, 3.05) is 0 Å². The molecule has 156 valence electrons. The maximum Gasteiger partial charge on any atom is 0.127 e. The summed E-state index contributed by atoms with van der Waals surface area (Å²) in [5.74, 6) is 1.79. The van der Waals surface area contributed by atoms with Gasteiger partial charge in [-0.3, -0.25) is 0 Å². The topological polar surface area (TPSA) is 9.23 Å². The molecule has 3 rings (SSSR count). The van der Waals surface area contributed by atoms with Gasteiger partial charge in [0.05, 0.1) is 0 Å². The van der Waals surface area contributed by atoms with Gasteiger partial charge in [0.15, 0.2) is 0 Å². The zero-order chi connectivity index (χ0) is 21.4. The number of ether oxygens (including phenoxy) is 1. The molecular weight excluding hydrogens is 364 g/mol. The Morgan fingerprint density at radius 3 is 2.20 bits per heavy atom. The summed E-state index contributed by atoms with van der Waals surface area (Å²) in [6.07, 6.45) is 6.68. The average Bonchev–Trinajstić information content (AvgIpc) is 2.73. The van der Waals surface area contributed by atoms with Crippen LogP contribution in [0.1, 0.15) is 57.2 Å². The molecule has 1 heteroatoms. The second-order valence-corrected chi connectivity index (χ2v) is 8.98. The van der Waals surface area contributed by atoms with Gasteiger partial charge >= 0.3 is 0 Å². The lowest BCUT2D eigenvalue weighted by molar-refractivity contribution is 0.460. The molecule has 0 radical (unpaired) electrons. The van der Waals surface area contributed by atoms with Gasteiger partial charge in [0, 0.05) is 0 Å². The van der Waals surface area contributed by atoms with Gasteiger partial charge in [-0.1, -0.05) is 80.1 Å². The van der Waals surface area contributed by atoms with E-state index >= 15 is 0 Å². The zero-order valence-electron chi connectivity index (χ0n) is 18.8. The molecule has 0 aliphatic carbocycles. The van der Waals surface area contributed by atoms with E-state index in [1.807, 2.05) is 36.4 Å². The Kier molecular flexibility index (Phi) is 7.52. The van der Waals surface area contributed by atoms with Crippen LogP contribution in [0.15, 0.2) is 90.5 Å². The summed E-state index contributed by atoms with van der Waals surface area (Å²) in [5, 5.41) is 0. The molecule has 3 aromatic carbocycles. The van der Waals surface area contributed by atoms with Crippen molar-refractivity contribution >= 4 is 0 Å². The highest BCUT2D eigenvalue weighted by atomic mass is 16.5. The van der Waals surface area contributed by atoms with E-state index in [0.717, 1.165) is 37.2 Å². The number of hydrogen-bond donors (Lipinski definition) is 0. The summed E-state index contributed by atoms with van der Waals surface area (Å²) < 4.78 is 5.98. The Hall–Kier alpha value is -2.80. The van der Waals surface area contributed by atoms with Crippen LogP contribution in [0.4, 0.5) is 0 Å². The van der Waals surface area contributed by atoms with E-state index in [0.29, 0.717) is 0 Å². The first kappa shape index (κ1) is 21.9. The summed E-state index contributed by atoms with van der Waals surface area (Å²) in [6, 6.07) is 27.6. The SMILES string of the molecule is CC(C)=CCc1ccc(C(C)(C)CCCc2cccc(Oc3ccccc3)c2)cc1. The summed E-state index contributed by atoms with van der Waals surface area (Å²) in [5.41, 5.74) is 5.68. The van der Waals surface area contributed by atoms with Crippen LogP contribution in [0.25, 0.3) is 0 Å². The fourth-order valence-corrected chi connectivity index (χ4v) is 3.68. The van der Waals surface area contributed by atoms with Crippen molar-refractivity contribution in [3.8, 4) is 11.5 Å². The summed E-state index contributed by atoms with van der Waals surface area (Å²) in [6.45, 7) is 9.02. The molecule has 0 heterocycles. The molecule has 3 aromatic rings. The third kappa shape index (κ3) is 6.62. The zero-order valence-corrected chi connectivity index (χ0v) is 18.8. The quantitative estimate of drug-likeness (QED) is 0.329. The lowest BCUT2D eigenvalue weighted by Gasteiger charge is -2.25. The second kappa shape index (κ2) is 10.3. The minimum atomic E-state index is 0.174. The van der Waals surface area contributed by atoms with Gasteiger partial charge in [-0.05, 0) is 85.9 Å². The van der Waals surface area contributed by atoms with Gasteiger partial charge in [0.25, 0.3) is 0 Å². The van der Waals surface area contributed by atoms with E-state index in [2.05, 4.69) is 76.2 Å². The predicted octanol–water partition coefficient (Wildman–Crippen LogP) is 8.29. The molecule has 0 unspecified atom stereocenters. The Morgan fingerprint density at radius 2 is 1.50 bits per heavy atom. The highest BCUT2D eigenvalue weighted by Gasteiger charge is 2.20. The molecule has 0 aromatic heterocycles. The van der Waals surface area contributed by atoms with Crippen LogP contribution in [0.2, 0.25) is 0 Å². The smallest absolute Gasteiger partial charge is 0.127 e. The number of rotatable bonds is 9. The van der Waals surface area contributed by atoms with Crippen molar-refractivity contribution < 1.29 is 4.74 Å². The molecule has 0 saturated carbocycles. The normalized spacial score (nSPS) is 11.2. The van der Waals surface area contributed by atoms with Crippen molar-refractivity contribution in [2.24, 2.45) is 0 Å². The molecule has 0 fully saturated rings. The molecule has 0 saturated heterocycles. The monoisotopic (exact) mass is 398 g/mol. The number of para-hydroxylation sites is 1. The average molecular weight is 399 g/mol. The molecule has 0 atom stereocenters. The molecule has 0 N–H and O–H groups in total. The Morgan fingerprint density at radius 1 is 0.800 bits per heavy atom. The molecule has 0 spiro atoms. The van der Waals surface area contributed by atoms with Crippen LogP contribution in [0.3, 0.4) is 0 Å². The number of benzene rings is 3. The largest absolute Gasteiger partial charge is 0.457 e. The van der Waals surface area contributed by atoms with Gasteiger partial charge < -0.3 is 4.74 Å². The van der Waals surface area contributed by atoms with Crippen LogP contribution in [-0.2, 0) is 18.3 Å². The Bertz CT molecular complexity index is 945. The predicted molar refractivity (Wildman–Crippen MR) is 128 cm³/mol. The van der Waals surface area contributed by atoms with Crippen molar-refractivity contribution in [3.63, 3.8) is 0 Å². The lowest BCUT2D eigenvalue weighted by Crippen LogP contribution is -2.17. The fraction of sp³-hybridized carbons (Fsp3) is 0.310. The van der Waals surface area contributed by atoms with E-state index in [1.54, 1.807) is 0 Å². The molecular formula is C29H34O. The van der Waals surface area contributed by atoms with Gasteiger partial charge in [-0.25, -0.2) is 0 Å². The van der Waals surface area contributed by atoms with E-state index in [1.165, 1.54) is 22.3 Å². The Labute approximate surface area is 182 Å². The molecule has 1 nitrogen and oxygen atoms in total. The summed E-state index contributed by atoms with van der Waals surface area (Å²) in [4.78, 5) is 0. The first-order chi connectivity index (χ1) is 14.4. The van der Waals surface area contributed by atoms with Crippen molar-refractivity contribution in [3.05, 3.63) is 107 Å². The van der Waals surface area contributed by atoms with Gasteiger partial charge in [0.1, 0.15) is 11.5 Å². The van der Waals surface area contributed by atoms with E-state index in [4.69, 9.17) is 4.74 Å². The van der Waals surface area contributed by atoms with E-state index in [9.17, 15) is 0 Å². The first-order valence-electron chi connectivity index (χ1n) is 11.0. The number of aryl methyl sites for hydroxylation is 1. The molecule has 0 amide bonds. The molecule has 30 heavy (non-hydrogen) atoms. The van der Waals surface area contributed by atoms with Crippen LogP contribution in [0.5, 0.6) is 11.5 Å². The third-order valence-corrected chi connectivity index (χ3v) is 5.63. The van der Waals surface area contributed by atoms with Gasteiger partial charge in [0.2, 0.25) is 0 Å². The van der Waals surface area contributed by atoms with Gasteiger partial charge in [-0.2, -0.15) is 0 Å². The standard InChI is InChI=1S/C29H34O/c1-23(2)15-16-24-17-19-26(20-18-24)29(3,4)21-9-11-25-10-8-14-28(22-25)30-27-12-6-5-7-13-27/h5-8,10,12-15,17-20,22H,9,11,16,21H2,1-4H3. The van der Waals surface area contributed by atoms with Crippen LogP contribution in [-0.4, -0.2) is 0 Å². The highest BCUT2D eigenvalue weighted by molar-refractivity contribution is 5.34. The van der Waals surface area contributed by atoms with Crippen molar-refractivity contribution in [1.82, 2.24) is 0 Å². The maximum absolute atomic E-state index is 5.98. The number of allylic oxidation sites excluding steroid dienone is 2. The molecule has 0 aliphatic heterocycles. The lowest BCUT2D eigenvalue weighted by atomic mass is 9.79. The highest BCUT2D eigenvalue weighted by Crippen LogP contribution is 2.30. The van der Waals surface area contributed by atoms with Crippen LogP contribution in [0, 0.1) is 0 Å². The fourth-order valence-electron chi connectivity index (χ4n) is 3.68.